The molecular formula is C12H8F3N3O. The predicted molar refractivity (Wildman–Crippen MR) is 61.3 cm³/mol. The Morgan fingerprint density at radius 1 is 1.21 bits per heavy atom. The zero-order valence-electron chi connectivity index (χ0n) is 9.48. The minimum atomic E-state index is -4.54. The van der Waals surface area contributed by atoms with Gasteiger partial charge in [0, 0.05) is 23.6 Å². The number of carbonyl (C=O) groups excluding carboxylic acids is 1. The average Bonchev–Trinajstić information content (AvgIpc) is 2.38. The van der Waals surface area contributed by atoms with Crippen LogP contribution in [0.1, 0.15) is 21.6 Å². The number of aromatic nitrogens is 2. The molecular weight excluding hydrogens is 259 g/mol. The first-order chi connectivity index (χ1) is 8.89. The van der Waals surface area contributed by atoms with Gasteiger partial charge in [-0.1, -0.05) is 0 Å². The Labute approximate surface area is 106 Å². The summed E-state index contributed by atoms with van der Waals surface area (Å²) in [6, 6.07) is 2.58. The Kier molecular flexibility index (Phi) is 3.20. The minimum absolute atomic E-state index is 0.0383. The largest absolute Gasteiger partial charge is 0.416 e. The molecule has 0 amide bonds. The number of alkyl halides is 3. The van der Waals surface area contributed by atoms with Crippen molar-refractivity contribution in [1.29, 1.82) is 0 Å². The minimum Gasteiger partial charge on any atom is -0.398 e. The smallest absolute Gasteiger partial charge is 0.398 e. The molecule has 0 unspecified atom stereocenters. The van der Waals surface area contributed by atoms with E-state index in [0.717, 1.165) is 12.1 Å². The van der Waals surface area contributed by atoms with Gasteiger partial charge in [0.1, 0.15) is 5.69 Å². The van der Waals surface area contributed by atoms with Crippen molar-refractivity contribution in [3.63, 3.8) is 0 Å². The molecule has 1 aromatic carbocycles. The van der Waals surface area contributed by atoms with E-state index in [1.165, 1.54) is 18.6 Å². The van der Waals surface area contributed by atoms with Crippen molar-refractivity contribution in [2.75, 3.05) is 5.73 Å². The molecule has 0 bridgehead atoms. The number of nitrogens with zero attached hydrogens (tertiary/aromatic N) is 2. The summed E-state index contributed by atoms with van der Waals surface area (Å²) in [5.41, 5.74) is 4.26. The SMILES string of the molecule is Nc1ccc(C(F)(F)F)cc1C(=O)c1cnccn1. The molecule has 0 spiro atoms. The standard InChI is InChI=1S/C12H8F3N3O/c13-12(14,15)7-1-2-9(16)8(5-7)11(19)10-6-17-3-4-18-10/h1-6H,16H2. The number of nitrogens with two attached hydrogens (primary N) is 1. The first-order valence-electron chi connectivity index (χ1n) is 5.17. The molecule has 7 heteroatoms. The van der Waals surface area contributed by atoms with E-state index in [0.29, 0.717) is 6.07 Å². The van der Waals surface area contributed by atoms with E-state index in [1.54, 1.807) is 0 Å². The first kappa shape index (κ1) is 13.0. The van der Waals surface area contributed by atoms with Crippen molar-refractivity contribution in [1.82, 2.24) is 9.97 Å². The van der Waals surface area contributed by atoms with Crippen molar-refractivity contribution < 1.29 is 18.0 Å². The summed E-state index contributed by atoms with van der Waals surface area (Å²) in [5.74, 6) is -0.698. The molecule has 0 fully saturated rings. The molecule has 0 saturated heterocycles. The highest BCUT2D eigenvalue weighted by Crippen LogP contribution is 2.31. The summed E-state index contributed by atoms with van der Waals surface area (Å²) < 4.78 is 37.8. The lowest BCUT2D eigenvalue weighted by atomic mass is 10.0. The Morgan fingerprint density at radius 2 is 1.95 bits per heavy atom. The summed E-state index contributed by atoms with van der Waals surface area (Å²) in [6.07, 6.45) is -0.740. The second-order valence-electron chi connectivity index (χ2n) is 3.72. The van der Waals surface area contributed by atoms with Crippen molar-refractivity contribution >= 4 is 11.5 Å². The third kappa shape index (κ3) is 2.70. The molecule has 0 aliphatic heterocycles. The summed E-state index contributed by atoms with van der Waals surface area (Å²) >= 11 is 0. The van der Waals surface area contributed by atoms with Gasteiger partial charge in [0.15, 0.2) is 0 Å². The average molecular weight is 267 g/mol. The van der Waals surface area contributed by atoms with E-state index >= 15 is 0 Å². The number of ketones is 1. The molecule has 98 valence electrons. The quantitative estimate of drug-likeness (QED) is 0.669. The van der Waals surface area contributed by atoms with Crippen molar-refractivity contribution in [3.05, 3.63) is 53.6 Å². The molecule has 2 aromatic rings. The van der Waals surface area contributed by atoms with Gasteiger partial charge in [-0.05, 0) is 18.2 Å². The number of anilines is 1. The van der Waals surface area contributed by atoms with Crippen molar-refractivity contribution in [2.24, 2.45) is 0 Å². The molecule has 0 aliphatic rings. The van der Waals surface area contributed by atoms with Gasteiger partial charge < -0.3 is 5.73 Å². The summed E-state index contributed by atoms with van der Waals surface area (Å²) in [5, 5.41) is 0. The van der Waals surface area contributed by atoms with Crippen LogP contribution in [0.25, 0.3) is 0 Å². The van der Waals surface area contributed by atoms with Gasteiger partial charge in [0.25, 0.3) is 0 Å². The molecule has 1 aromatic heterocycles. The molecule has 0 atom stereocenters. The van der Waals surface area contributed by atoms with Gasteiger partial charge in [-0.3, -0.25) is 9.78 Å². The maximum absolute atomic E-state index is 12.6. The third-order valence-electron chi connectivity index (χ3n) is 2.42. The maximum Gasteiger partial charge on any atom is 0.416 e. The lowest BCUT2D eigenvalue weighted by Gasteiger charge is -2.10. The van der Waals surface area contributed by atoms with Crippen LogP contribution >= 0.6 is 0 Å². The molecule has 0 saturated carbocycles. The zero-order chi connectivity index (χ0) is 14.0. The zero-order valence-corrected chi connectivity index (χ0v) is 9.48. The Bertz CT molecular complexity index is 611. The van der Waals surface area contributed by atoms with Crippen LogP contribution in [0.2, 0.25) is 0 Å². The van der Waals surface area contributed by atoms with Crippen LogP contribution in [0.4, 0.5) is 18.9 Å². The highest BCUT2D eigenvalue weighted by Gasteiger charge is 2.31. The molecule has 4 nitrogen and oxygen atoms in total. The van der Waals surface area contributed by atoms with E-state index < -0.39 is 17.5 Å². The lowest BCUT2D eigenvalue weighted by molar-refractivity contribution is -0.137. The Morgan fingerprint density at radius 3 is 2.53 bits per heavy atom. The van der Waals surface area contributed by atoms with E-state index in [9.17, 15) is 18.0 Å². The highest BCUT2D eigenvalue weighted by atomic mass is 19.4. The summed E-state index contributed by atoms with van der Waals surface area (Å²) in [6.45, 7) is 0. The fourth-order valence-electron chi connectivity index (χ4n) is 1.48. The van der Waals surface area contributed by atoms with Gasteiger partial charge in [-0.25, -0.2) is 4.98 Å². The van der Waals surface area contributed by atoms with Gasteiger partial charge in [-0.2, -0.15) is 13.2 Å². The molecule has 2 N–H and O–H groups in total. The van der Waals surface area contributed by atoms with Crippen LogP contribution < -0.4 is 5.73 Å². The highest BCUT2D eigenvalue weighted by molar-refractivity contribution is 6.10. The van der Waals surface area contributed by atoms with Gasteiger partial charge in [-0.15, -0.1) is 0 Å². The normalized spacial score (nSPS) is 11.3. The van der Waals surface area contributed by atoms with E-state index in [2.05, 4.69) is 9.97 Å². The Hall–Kier alpha value is -2.44. The summed E-state index contributed by atoms with van der Waals surface area (Å²) in [7, 11) is 0. The molecule has 0 radical (unpaired) electrons. The lowest BCUT2D eigenvalue weighted by Crippen LogP contribution is -2.11. The molecule has 1 heterocycles. The first-order valence-corrected chi connectivity index (χ1v) is 5.17. The van der Waals surface area contributed by atoms with Crippen molar-refractivity contribution in [3.8, 4) is 0 Å². The van der Waals surface area contributed by atoms with Crippen LogP contribution in [0.5, 0.6) is 0 Å². The maximum atomic E-state index is 12.6. The predicted octanol–water partition coefficient (Wildman–Crippen LogP) is 2.31. The number of hydrogen-bond donors (Lipinski definition) is 1. The fraction of sp³-hybridized carbons (Fsp3) is 0.0833. The number of rotatable bonds is 2. The number of carbonyl (C=O) groups is 1. The fourth-order valence-corrected chi connectivity index (χ4v) is 1.48. The molecule has 0 aliphatic carbocycles. The number of halogens is 3. The second kappa shape index (κ2) is 4.68. The Balaban J connectivity index is 2.48. The molecule has 2 rings (SSSR count). The topological polar surface area (TPSA) is 68.9 Å². The van der Waals surface area contributed by atoms with Gasteiger partial charge in [0.2, 0.25) is 5.78 Å². The van der Waals surface area contributed by atoms with Gasteiger partial charge >= 0.3 is 6.18 Å². The van der Waals surface area contributed by atoms with E-state index in [1.807, 2.05) is 0 Å². The van der Waals surface area contributed by atoms with Gasteiger partial charge in [0.05, 0.1) is 11.8 Å². The summed E-state index contributed by atoms with van der Waals surface area (Å²) in [4.78, 5) is 19.4. The van der Waals surface area contributed by atoms with Crippen molar-refractivity contribution in [2.45, 2.75) is 6.18 Å². The van der Waals surface area contributed by atoms with Crippen LogP contribution in [0.3, 0.4) is 0 Å². The number of nitrogen functional groups attached to an aromatic ring is 1. The van der Waals surface area contributed by atoms with Crippen LogP contribution in [0.15, 0.2) is 36.8 Å². The number of hydrogen-bond acceptors (Lipinski definition) is 4. The van der Waals surface area contributed by atoms with E-state index in [-0.39, 0.29) is 16.9 Å². The monoisotopic (exact) mass is 267 g/mol. The number of benzene rings is 1. The molecule has 19 heavy (non-hydrogen) atoms. The van der Waals surface area contributed by atoms with E-state index in [4.69, 9.17) is 5.73 Å². The van der Waals surface area contributed by atoms with Crippen LogP contribution in [-0.2, 0) is 6.18 Å². The van der Waals surface area contributed by atoms with Crippen LogP contribution in [-0.4, -0.2) is 15.8 Å². The third-order valence-corrected chi connectivity index (χ3v) is 2.42. The second-order valence-corrected chi connectivity index (χ2v) is 3.72. The van der Waals surface area contributed by atoms with Crippen LogP contribution in [0, 0.1) is 0 Å².